The van der Waals surface area contributed by atoms with E-state index in [9.17, 15) is 10.5 Å². The molecule has 0 aliphatic rings. The highest BCUT2D eigenvalue weighted by Gasteiger charge is 2.36. The molecule has 0 saturated carbocycles. The van der Waals surface area contributed by atoms with Crippen LogP contribution < -0.4 is 9.47 Å². The van der Waals surface area contributed by atoms with Crippen LogP contribution in [-0.2, 0) is 0 Å². The van der Waals surface area contributed by atoms with Crippen molar-refractivity contribution in [3.05, 3.63) is 95.6 Å². The van der Waals surface area contributed by atoms with E-state index in [-0.39, 0.29) is 6.04 Å². The van der Waals surface area contributed by atoms with Gasteiger partial charge in [-0.3, -0.25) is 4.90 Å². The van der Waals surface area contributed by atoms with Gasteiger partial charge in [-0.1, -0.05) is 66.7 Å². The first-order valence-corrected chi connectivity index (χ1v) is 10.0. The van der Waals surface area contributed by atoms with Crippen LogP contribution in [0.1, 0.15) is 41.7 Å². The summed E-state index contributed by atoms with van der Waals surface area (Å²) in [6, 6.07) is 27.9. The van der Waals surface area contributed by atoms with Crippen LogP contribution in [0.2, 0.25) is 0 Å². The van der Waals surface area contributed by atoms with E-state index in [2.05, 4.69) is 12.1 Å². The first kappa shape index (κ1) is 21.9. The molecule has 0 saturated heterocycles. The largest absolute Gasteiger partial charge is 0.496 e. The summed E-state index contributed by atoms with van der Waals surface area (Å²) < 4.78 is 11.1. The van der Waals surface area contributed by atoms with Gasteiger partial charge in [0.1, 0.15) is 23.6 Å². The Morgan fingerprint density at radius 2 is 1.10 bits per heavy atom. The van der Waals surface area contributed by atoms with Gasteiger partial charge in [0, 0.05) is 17.2 Å². The lowest BCUT2D eigenvalue weighted by molar-refractivity contribution is 0.138. The van der Waals surface area contributed by atoms with E-state index >= 15 is 0 Å². The van der Waals surface area contributed by atoms with Crippen LogP contribution in [-0.4, -0.2) is 19.1 Å². The second kappa shape index (κ2) is 10.3. The van der Waals surface area contributed by atoms with E-state index in [4.69, 9.17) is 9.47 Å². The Labute approximate surface area is 183 Å². The van der Waals surface area contributed by atoms with Gasteiger partial charge in [-0.05, 0) is 24.6 Å². The SMILES string of the molecule is COc1ccccc1[C@H](C#N)N([C@@H](C)c1ccccc1)[C@@H](C#N)c1ccccc1OC. The average Bonchev–Trinajstić information content (AvgIpc) is 2.84. The van der Waals surface area contributed by atoms with Crippen LogP contribution in [0.25, 0.3) is 0 Å². The molecule has 0 fully saturated rings. The molecule has 0 aliphatic carbocycles. The normalized spacial score (nSPS) is 13.5. The van der Waals surface area contributed by atoms with Crippen LogP contribution >= 0.6 is 0 Å². The zero-order valence-electron chi connectivity index (χ0n) is 17.9. The molecule has 3 aromatic carbocycles. The average molecular weight is 412 g/mol. The van der Waals surface area contributed by atoms with Crippen LogP contribution in [0.4, 0.5) is 0 Å². The third-order valence-corrected chi connectivity index (χ3v) is 5.44. The van der Waals surface area contributed by atoms with Crippen molar-refractivity contribution in [3.8, 4) is 23.6 Å². The van der Waals surface area contributed by atoms with Crippen molar-refractivity contribution in [1.29, 1.82) is 10.5 Å². The Balaban J connectivity index is 2.21. The van der Waals surface area contributed by atoms with E-state index < -0.39 is 12.1 Å². The van der Waals surface area contributed by atoms with Crippen molar-refractivity contribution in [3.63, 3.8) is 0 Å². The third kappa shape index (κ3) is 4.53. The minimum Gasteiger partial charge on any atom is -0.496 e. The number of hydrogen-bond donors (Lipinski definition) is 0. The van der Waals surface area contributed by atoms with Gasteiger partial charge in [-0.2, -0.15) is 10.5 Å². The van der Waals surface area contributed by atoms with E-state index in [1.807, 2.05) is 90.7 Å². The molecular weight excluding hydrogens is 386 g/mol. The number of rotatable bonds is 8. The molecule has 31 heavy (non-hydrogen) atoms. The number of benzene rings is 3. The Morgan fingerprint density at radius 1 is 0.677 bits per heavy atom. The Hall–Kier alpha value is -3.80. The van der Waals surface area contributed by atoms with Crippen LogP contribution in [0, 0.1) is 22.7 Å². The molecule has 0 radical (unpaired) electrons. The summed E-state index contributed by atoms with van der Waals surface area (Å²) in [6.07, 6.45) is 0. The van der Waals surface area contributed by atoms with Gasteiger partial charge in [0.05, 0.1) is 26.4 Å². The van der Waals surface area contributed by atoms with Gasteiger partial charge in [0.25, 0.3) is 0 Å². The molecule has 3 atom stereocenters. The predicted octanol–water partition coefficient (Wildman–Crippen LogP) is 5.60. The molecule has 3 aromatic rings. The molecule has 0 aliphatic heterocycles. The number of methoxy groups -OCH3 is 2. The smallest absolute Gasteiger partial charge is 0.129 e. The fourth-order valence-electron chi connectivity index (χ4n) is 3.88. The van der Waals surface area contributed by atoms with Crippen molar-refractivity contribution < 1.29 is 9.47 Å². The van der Waals surface area contributed by atoms with Crippen LogP contribution in [0.3, 0.4) is 0 Å². The second-order valence-electron chi connectivity index (χ2n) is 7.08. The molecule has 156 valence electrons. The van der Waals surface area contributed by atoms with Gasteiger partial charge in [-0.15, -0.1) is 0 Å². The number of nitriles is 2. The number of nitrogens with zero attached hydrogens (tertiary/aromatic N) is 3. The van der Waals surface area contributed by atoms with Crippen LogP contribution in [0.5, 0.6) is 11.5 Å². The summed E-state index contributed by atoms with van der Waals surface area (Å²) in [5.74, 6) is 1.21. The topological polar surface area (TPSA) is 69.3 Å². The molecule has 5 nitrogen and oxygen atoms in total. The maximum atomic E-state index is 10.3. The minimum atomic E-state index is -0.721. The van der Waals surface area contributed by atoms with Crippen molar-refractivity contribution in [2.24, 2.45) is 0 Å². The summed E-state index contributed by atoms with van der Waals surface area (Å²) in [4.78, 5) is 1.92. The Bertz CT molecular complexity index is 1020. The lowest BCUT2D eigenvalue weighted by Crippen LogP contribution is -2.34. The fourth-order valence-corrected chi connectivity index (χ4v) is 3.88. The van der Waals surface area contributed by atoms with Crippen LogP contribution in [0.15, 0.2) is 78.9 Å². The van der Waals surface area contributed by atoms with E-state index in [1.54, 1.807) is 14.2 Å². The predicted molar refractivity (Wildman–Crippen MR) is 119 cm³/mol. The highest BCUT2D eigenvalue weighted by atomic mass is 16.5. The fraction of sp³-hybridized carbons (Fsp3) is 0.231. The molecule has 0 unspecified atom stereocenters. The van der Waals surface area contributed by atoms with Gasteiger partial charge in [0.2, 0.25) is 0 Å². The van der Waals surface area contributed by atoms with Gasteiger partial charge >= 0.3 is 0 Å². The number of hydrogen-bond acceptors (Lipinski definition) is 5. The summed E-state index contributed by atoms with van der Waals surface area (Å²) in [5.41, 5.74) is 2.43. The quantitative estimate of drug-likeness (QED) is 0.483. The maximum absolute atomic E-state index is 10.3. The Kier molecular flexibility index (Phi) is 7.27. The highest BCUT2D eigenvalue weighted by molar-refractivity contribution is 5.43. The summed E-state index contributed by atoms with van der Waals surface area (Å²) in [6.45, 7) is 2.01. The van der Waals surface area contributed by atoms with E-state index in [1.165, 1.54) is 0 Å². The maximum Gasteiger partial charge on any atom is 0.129 e. The molecule has 0 heterocycles. The monoisotopic (exact) mass is 411 g/mol. The van der Waals surface area contributed by atoms with Gasteiger partial charge < -0.3 is 9.47 Å². The molecular formula is C26H25N3O2. The lowest BCUT2D eigenvalue weighted by atomic mass is 9.94. The molecule has 0 spiro atoms. The van der Waals surface area contributed by atoms with E-state index in [0.29, 0.717) is 22.6 Å². The molecule has 0 amide bonds. The van der Waals surface area contributed by atoms with Crippen molar-refractivity contribution >= 4 is 0 Å². The van der Waals surface area contributed by atoms with Gasteiger partial charge in [-0.25, -0.2) is 0 Å². The minimum absolute atomic E-state index is 0.231. The Morgan fingerprint density at radius 3 is 1.52 bits per heavy atom. The first-order chi connectivity index (χ1) is 15.2. The van der Waals surface area contributed by atoms with E-state index in [0.717, 1.165) is 5.56 Å². The summed E-state index contributed by atoms with van der Waals surface area (Å²) >= 11 is 0. The zero-order valence-corrected chi connectivity index (χ0v) is 17.9. The number of para-hydroxylation sites is 2. The van der Waals surface area contributed by atoms with Crippen molar-refractivity contribution in [2.75, 3.05) is 14.2 Å². The highest BCUT2D eigenvalue weighted by Crippen LogP contribution is 2.42. The summed E-state index contributed by atoms with van der Waals surface area (Å²) in [5, 5.41) is 20.6. The summed E-state index contributed by atoms with van der Waals surface area (Å²) in [7, 11) is 3.17. The second-order valence-corrected chi connectivity index (χ2v) is 7.08. The zero-order chi connectivity index (χ0) is 22.2. The molecule has 5 heteroatoms. The van der Waals surface area contributed by atoms with Gasteiger partial charge in [0.15, 0.2) is 0 Å². The number of ether oxygens (including phenoxy) is 2. The molecule has 0 aromatic heterocycles. The lowest BCUT2D eigenvalue weighted by Gasteiger charge is -2.37. The third-order valence-electron chi connectivity index (χ3n) is 5.44. The van der Waals surface area contributed by atoms with Crippen molar-refractivity contribution in [2.45, 2.75) is 25.0 Å². The molecule has 0 N–H and O–H groups in total. The molecule has 0 bridgehead atoms. The standard InChI is InChI=1S/C26H25N3O2/c1-19(20-11-5-4-6-12-20)29(23(17-27)21-13-7-9-15-25(21)30-2)24(18-28)22-14-8-10-16-26(22)31-3/h4-16,19,23-24H,1-3H3/t19-,23-,24-/m0/s1. The first-order valence-electron chi connectivity index (χ1n) is 10.0. The molecule has 3 rings (SSSR count). The van der Waals surface area contributed by atoms with Crippen molar-refractivity contribution in [1.82, 2.24) is 4.90 Å².